The number of aliphatic hydroxyl groups is 5. The summed E-state index contributed by atoms with van der Waals surface area (Å²) in [6, 6.07) is 4.02. The van der Waals surface area contributed by atoms with Crippen molar-refractivity contribution in [3.63, 3.8) is 0 Å². The molecule has 1 unspecified atom stereocenters. The molecule has 3 heterocycles. The van der Waals surface area contributed by atoms with Gasteiger partial charge in [-0.05, 0) is 24.3 Å². The fourth-order valence-corrected chi connectivity index (χ4v) is 5.28. The van der Waals surface area contributed by atoms with Crippen molar-refractivity contribution >= 4 is 5.97 Å². The minimum Gasteiger partial charge on any atom is -0.504 e. The van der Waals surface area contributed by atoms with Crippen molar-refractivity contribution in [2.75, 3.05) is 20.3 Å². The summed E-state index contributed by atoms with van der Waals surface area (Å²) in [5, 5.41) is 59.8. The van der Waals surface area contributed by atoms with Gasteiger partial charge >= 0.3 is 5.97 Å². The van der Waals surface area contributed by atoms with E-state index < -0.39 is 85.8 Å². The lowest BCUT2D eigenvalue weighted by atomic mass is 9.85. The summed E-state index contributed by atoms with van der Waals surface area (Å²) in [5.74, 6) is -1.95. The largest absolute Gasteiger partial charge is 0.504 e. The standard InChI is InChI=1S/C23H28O13/c1-31-12-6-9(2-3-11(12)26)20(30)34-18-10-4-5-32-21(14(10)23(8-25)19(18)36-23)35-22-17(29)16(28)15(27)13(7-24)33-22/h2-6,10,13-19,21-22,24-29H,7-8H2,1H3/t10-,13-,14?,15-,16+,17-,18+,19+,21+,22+,23-/m1/s1. The number of ether oxygens (including phenoxy) is 6. The zero-order valence-electron chi connectivity index (χ0n) is 19.1. The van der Waals surface area contributed by atoms with Crippen molar-refractivity contribution in [2.45, 2.75) is 54.8 Å². The Morgan fingerprint density at radius 2 is 1.89 bits per heavy atom. The number of aromatic hydroxyl groups is 1. The summed E-state index contributed by atoms with van der Waals surface area (Å²) in [7, 11) is 1.35. The summed E-state index contributed by atoms with van der Waals surface area (Å²) < 4.78 is 33.4. The molecule has 2 saturated heterocycles. The number of hydrogen-bond donors (Lipinski definition) is 6. The van der Waals surface area contributed by atoms with Crippen LogP contribution in [0.1, 0.15) is 10.4 Å². The normalized spacial score (nSPS) is 42.7. The van der Waals surface area contributed by atoms with Crippen molar-refractivity contribution in [3.05, 3.63) is 36.1 Å². The topological polar surface area (TPSA) is 197 Å². The Morgan fingerprint density at radius 1 is 1.11 bits per heavy atom. The number of methoxy groups -OCH3 is 1. The van der Waals surface area contributed by atoms with Crippen molar-refractivity contribution < 1.29 is 63.9 Å². The van der Waals surface area contributed by atoms with E-state index in [0.717, 1.165) is 0 Å². The molecule has 0 spiro atoms. The molecule has 0 amide bonds. The van der Waals surface area contributed by atoms with Crippen LogP contribution in [0.2, 0.25) is 0 Å². The maximum absolute atomic E-state index is 12.9. The Balaban J connectivity index is 1.35. The highest BCUT2D eigenvalue weighted by Gasteiger charge is 2.77. The average Bonchev–Trinajstić information content (AvgIpc) is 3.56. The lowest BCUT2D eigenvalue weighted by molar-refractivity contribution is -0.344. The number of carbonyl (C=O) groups excluding carboxylic acids is 1. The number of benzene rings is 1. The zero-order chi connectivity index (χ0) is 25.8. The monoisotopic (exact) mass is 512 g/mol. The third-order valence-corrected chi connectivity index (χ3v) is 7.26. The maximum Gasteiger partial charge on any atom is 0.338 e. The van der Waals surface area contributed by atoms with E-state index in [0.29, 0.717) is 0 Å². The first kappa shape index (κ1) is 25.2. The molecule has 5 rings (SSSR count). The average molecular weight is 512 g/mol. The SMILES string of the molecule is COc1cc(C(=O)O[C@H]2[C@@H]3C=CO[C@@H](O[C@@H]4O[C@H](CO)[C@@H](O)[C@H](O)[C@H]4O)C3[C@@]3(CO)O[C@@H]23)ccc1O. The quantitative estimate of drug-likeness (QED) is 0.173. The van der Waals surface area contributed by atoms with Gasteiger partial charge < -0.3 is 59.1 Å². The van der Waals surface area contributed by atoms with Crippen LogP contribution in [0.25, 0.3) is 0 Å². The third-order valence-electron chi connectivity index (χ3n) is 7.26. The van der Waals surface area contributed by atoms with E-state index in [-0.39, 0.29) is 17.1 Å². The molecule has 0 bridgehead atoms. The Bertz CT molecular complexity index is 1010. The lowest BCUT2D eigenvalue weighted by Crippen LogP contribution is -2.60. The van der Waals surface area contributed by atoms with Gasteiger partial charge in [-0.1, -0.05) is 0 Å². The first-order valence-electron chi connectivity index (χ1n) is 11.4. The molecule has 13 nitrogen and oxygen atoms in total. The Hall–Kier alpha value is -2.49. The Labute approximate surface area is 205 Å². The smallest absolute Gasteiger partial charge is 0.338 e. The van der Waals surface area contributed by atoms with E-state index in [1.807, 2.05) is 0 Å². The number of carbonyl (C=O) groups is 1. The predicted octanol–water partition coefficient (Wildman–Crippen LogP) is -2.01. The van der Waals surface area contributed by atoms with Crippen LogP contribution in [-0.4, -0.2) is 112 Å². The number of fused-ring (bicyclic) bond motifs is 3. The molecule has 11 atom stereocenters. The fourth-order valence-electron chi connectivity index (χ4n) is 5.28. The second-order valence-electron chi connectivity index (χ2n) is 9.18. The second-order valence-corrected chi connectivity index (χ2v) is 9.18. The first-order valence-corrected chi connectivity index (χ1v) is 11.4. The summed E-state index contributed by atoms with van der Waals surface area (Å²) in [6.45, 7) is -1.07. The van der Waals surface area contributed by atoms with Crippen molar-refractivity contribution in [1.29, 1.82) is 0 Å². The summed E-state index contributed by atoms with van der Waals surface area (Å²) in [5.41, 5.74) is -1.03. The number of phenolic OH excluding ortho intramolecular Hbond substituents is 1. The molecule has 1 aliphatic carbocycles. The van der Waals surface area contributed by atoms with Crippen LogP contribution >= 0.6 is 0 Å². The number of phenols is 1. The number of esters is 1. The molecular formula is C23H28O13. The van der Waals surface area contributed by atoms with Crippen LogP contribution in [0.4, 0.5) is 0 Å². The summed E-state index contributed by atoms with van der Waals surface area (Å²) in [6.07, 6.45) is -7.19. The van der Waals surface area contributed by atoms with Crippen LogP contribution in [0.5, 0.6) is 11.5 Å². The van der Waals surface area contributed by atoms with E-state index >= 15 is 0 Å². The van der Waals surface area contributed by atoms with E-state index in [4.69, 9.17) is 28.4 Å². The zero-order valence-corrected chi connectivity index (χ0v) is 19.1. The van der Waals surface area contributed by atoms with E-state index in [9.17, 15) is 35.4 Å². The van der Waals surface area contributed by atoms with Gasteiger partial charge in [0.15, 0.2) is 17.8 Å². The van der Waals surface area contributed by atoms with Gasteiger partial charge in [0.05, 0.1) is 38.1 Å². The Morgan fingerprint density at radius 3 is 2.58 bits per heavy atom. The lowest BCUT2D eigenvalue weighted by Gasteiger charge is -2.43. The van der Waals surface area contributed by atoms with Gasteiger partial charge in [-0.3, -0.25) is 0 Å². The highest BCUT2D eigenvalue weighted by Crippen LogP contribution is 2.60. The van der Waals surface area contributed by atoms with Crippen molar-refractivity contribution in [2.24, 2.45) is 11.8 Å². The fraction of sp³-hybridized carbons (Fsp3) is 0.609. The van der Waals surface area contributed by atoms with Gasteiger partial charge in [-0.2, -0.15) is 0 Å². The summed E-state index contributed by atoms with van der Waals surface area (Å²) >= 11 is 0. The van der Waals surface area contributed by atoms with Gasteiger partial charge in [-0.25, -0.2) is 4.79 Å². The minimum atomic E-state index is -1.66. The molecule has 1 aromatic carbocycles. The highest BCUT2D eigenvalue weighted by atomic mass is 16.8. The third kappa shape index (κ3) is 3.92. The maximum atomic E-state index is 12.9. The van der Waals surface area contributed by atoms with Gasteiger partial charge in [0.1, 0.15) is 42.2 Å². The number of hydrogen-bond acceptors (Lipinski definition) is 13. The van der Waals surface area contributed by atoms with Crippen LogP contribution < -0.4 is 4.74 Å². The molecule has 3 aliphatic heterocycles. The molecule has 1 saturated carbocycles. The van der Waals surface area contributed by atoms with Crippen molar-refractivity contribution in [1.82, 2.24) is 0 Å². The highest BCUT2D eigenvalue weighted by molar-refractivity contribution is 5.90. The molecule has 13 heteroatoms. The van der Waals surface area contributed by atoms with Crippen LogP contribution in [0.15, 0.2) is 30.5 Å². The molecular weight excluding hydrogens is 484 g/mol. The molecule has 3 fully saturated rings. The van der Waals surface area contributed by atoms with Gasteiger partial charge in [0, 0.05) is 5.92 Å². The molecule has 4 aliphatic rings. The molecule has 0 aromatic heterocycles. The number of epoxide rings is 1. The van der Waals surface area contributed by atoms with Gasteiger partial charge in [0.25, 0.3) is 0 Å². The molecule has 0 radical (unpaired) electrons. The van der Waals surface area contributed by atoms with E-state index in [1.54, 1.807) is 6.08 Å². The van der Waals surface area contributed by atoms with Gasteiger partial charge in [-0.15, -0.1) is 0 Å². The predicted molar refractivity (Wildman–Crippen MR) is 114 cm³/mol. The Kier molecular flexibility index (Phi) is 6.59. The number of rotatable bonds is 7. The molecule has 198 valence electrons. The molecule has 36 heavy (non-hydrogen) atoms. The van der Waals surface area contributed by atoms with Crippen LogP contribution in [-0.2, 0) is 23.7 Å². The van der Waals surface area contributed by atoms with Crippen molar-refractivity contribution in [3.8, 4) is 11.5 Å². The van der Waals surface area contributed by atoms with Crippen LogP contribution in [0.3, 0.4) is 0 Å². The van der Waals surface area contributed by atoms with Gasteiger partial charge in [0.2, 0.25) is 6.29 Å². The van der Waals surface area contributed by atoms with E-state index in [1.165, 1.54) is 31.6 Å². The number of aliphatic hydroxyl groups excluding tert-OH is 5. The van der Waals surface area contributed by atoms with Crippen LogP contribution in [0, 0.1) is 11.8 Å². The second kappa shape index (κ2) is 9.43. The molecule has 1 aromatic rings. The first-order chi connectivity index (χ1) is 17.2. The molecule has 6 N–H and O–H groups in total. The summed E-state index contributed by atoms with van der Waals surface area (Å²) in [4.78, 5) is 12.9. The van der Waals surface area contributed by atoms with E-state index in [2.05, 4.69) is 0 Å². The minimum absolute atomic E-state index is 0.0973.